The second-order valence-corrected chi connectivity index (χ2v) is 2.60. The second-order valence-electron chi connectivity index (χ2n) is 2.60. The van der Waals surface area contributed by atoms with Crippen molar-refractivity contribution in [2.24, 2.45) is 0 Å². The van der Waals surface area contributed by atoms with Gasteiger partial charge in [-0.25, -0.2) is 0 Å². The van der Waals surface area contributed by atoms with Gasteiger partial charge >= 0.3 is 0 Å². The highest BCUT2D eigenvalue weighted by molar-refractivity contribution is 5.60. The zero-order valence-corrected chi connectivity index (χ0v) is 8.67. The number of carbonyl (C=O) groups excluding carboxylic acids is 1. The summed E-state index contributed by atoms with van der Waals surface area (Å²) in [4.78, 5) is 8.89. The van der Waals surface area contributed by atoms with Gasteiger partial charge in [0.1, 0.15) is 6.10 Å². The van der Waals surface area contributed by atoms with Crippen molar-refractivity contribution in [1.82, 2.24) is 0 Å². The highest BCUT2D eigenvalue weighted by Gasteiger charge is 1.93. The van der Waals surface area contributed by atoms with Gasteiger partial charge < -0.3 is 30.3 Å². The lowest BCUT2D eigenvalue weighted by Crippen LogP contribution is -2.16. The minimum absolute atomic E-state index is 0.167. The number of aliphatic hydroxyl groups is 4. The standard InChI is InChI=1S/C3H8O3.C3H8O.C2H4O2/c4-1-3(6)2-5;1-3(2)4;1-2(3)4/h3-6H,1-2H2;3-4H,1-2H3;1H3,(H,3,4)/p-1. The van der Waals surface area contributed by atoms with Gasteiger partial charge in [0.2, 0.25) is 0 Å². The quantitative estimate of drug-likeness (QED) is 0.400. The first-order valence-corrected chi connectivity index (χ1v) is 4.03. The predicted octanol–water partition coefficient (Wildman–Crippen LogP) is -2.52. The predicted molar refractivity (Wildman–Crippen MR) is 48.2 cm³/mol. The van der Waals surface area contributed by atoms with Crippen molar-refractivity contribution >= 4 is 5.97 Å². The maximum Gasteiger partial charge on any atom is 0.100 e. The topological polar surface area (TPSA) is 121 Å². The molecule has 6 nitrogen and oxygen atoms in total. The Morgan fingerprint density at radius 2 is 1.36 bits per heavy atom. The molecule has 0 fully saturated rings. The van der Waals surface area contributed by atoms with E-state index in [-0.39, 0.29) is 19.3 Å². The van der Waals surface area contributed by atoms with Gasteiger partial charge in [0.05, 0.1) is 13.2 Å². The van der Waals surface area contributed by atoms with Crippen LogP contribution in [0.1, 0.15) is 20.8 Å². The van der Waals surface area contributed by atoms with Crippen LogP contribution in [0.25, 0.3) is 0 Å². The molecule has 0 bridgehead atoms. The SMILES string of the molecule is CC(=O)[O-].CC(C)O.OCC(O)CO. The van der Waals surface area contributed by atoms with E-state index in [0.717, 1.165) is 6.92 Å². The Morgan fingerprint density at radius 1 is 1.21 bits per heavy atom. The number of hydrogen-bond acceptors (Lipinski definition) is 6. The molecule has 0 aliphatic carbocycles. The number of carbonyl (C=O) groups is 1. The van der Waals surface area contributed by atoms with Gasteiger partial charge in [0, 0.05) is 12.1 Å². The zero-order valence-electron chi connectivity index (χ0n) is 8.67. The smallest absolute Gasteiger partial charge is 0.100 e. The third-order valence-corrected chi connectivity index (χ3v) is 0.421. The van der Waals surface area contributed by atoms with Crippen LogP contribution in [0.2, 0.25) is 0 Å². The molecule has 14 heavy (non-hydrogen) atoms. The molecule has 0 heterocycles. The average molecular weight is 211 g/mol. The maximum absolute atomic E-state index is 8.89. The maximum atomic E-state index is 8.89. The summed E-state index contributed by atoms with van der Waals surface area (Å²) in [5.41, 5.74) is 0. The van der Waals surface area contributed by atoms with E-state index in [1.165, 1.54) is 0 Å². The van der Waals surface area contributed by atoms with Crippen LogP contribution in [0.15, 0.2) is 0 Å². The van der Waals surface area contributed by atoms with Crippen LogP contribution in [0.4, 0.5) is 0 Å². The van der Waals surface area contributed by atoms with Crippen LogP contribution in [-0.2, 0) is 4.79 Å². The minimum atomic E-state index is -1.08. The molecule has 4 N–H and O–H groups in total. The molecular weight excluding hydrogens is 192 g/mol. The van der Waals surface area contributed by atoms with Gasteiger partial charge in [-0.1, -0.05) is 0 Å². The molecule has 0 spiro atoms. The van der Waals surface area contributed by atoms with Gasteiger partial charge in [-0.2, -0.15) is 0 Å². The lowest BCUT2D eigenvalue weighted by molar-refractivity contribution is -0.302. The molecule has 0 radical (unpaired) electrons. The minimum Gasteiger partial charge on any atom is -0.550 e. The highest BCUT2D eigenvalue weighted by Crippen LogP contribution is 1.71. The molecule has 0 saturated heterocycles. The Balaban J connectivity index is -0.000000135. The first-order chi connectivity index (χ1) is 6.27. The largest absolute Gasteiger partial charge is 0.550 e. The van der Waals surface area contributed by atoms with Crippen LogP contribution >= 0.6 is 0 Å². The number of carboxylic acid groups (broad SMARTS) is 1. The van der Waals surface area contributed by atoms with E-state index in [1.54, 1.807) is 13.8 Å². The van der Waals surface area contributed by atoms with Crippen LogP contribution < -0.4 is 5.11 Å². The van der Waals surface area contributed by atoms with Crippen molar-refractivity contribution < 1.29 is 30.3 Å². The number of rotatable bonds is 2. The number of aliphatic hydroxyl groups excluding tert-OH is 4. The van der Waals surface area contributed by atoms with Crippen molar-refractivity contribution in [2.75, 3.05) is 13.2 Å². The summed E-state index contributed by atoms with van der Waals surface area (Å²) >= 11 is 0. The molecule has 0 aromatic heterocycles. The zero-order chi connectivity index (χ0) is 12.1. The van der Waals surface area contributed by atoms with Crippen molar-refractivity contribution in [1.29, 1.82) is 0 Å². The fourth-order valence-electron chi connectivity index (χ4n) is 0.0577. The Hall–Kier alpha value is -0.690. The van der Waals surface area contributed by atoms with E-state index < -0.39 is 12.1 Å². The number of aliphatic carboxylic acids is 1. The fraction of sp³-hybridized carbons (Fsp3) is 0.875. The van der Waals surface area contributed by atoms with Crippen LogP contribution in [0.3, 0.4) is 0 Å². The van der Waals surface area contributed by atoms with Crippen LogP contribution in [0, 0.1) is 0 Å². The lowest BCUT2D eigenvalue weighted by Gasteiger charge is -1.96. The molecule has 0 aliphatic rings. The monoisotopic (exact) mass is 211 g/mol. The molecule has 0 unspecified atom stereocenters. The molecule has 88 valence electrons. The Bertz CT molecular complexity index is 104. The third kappa shape index (κ3) is 110. The molecule has 0 amide bonds. The van der Waals surface area contributed by atoms with Crippen LogP contribution in [0.5, 0.6) is 0 Å². The fourth-order valence-corrected chi connectivity index (χ4v) is 0.0577. The van der Waals surface area contributed by atoms with E-state index in [9.17, 15) is 0 Å². The number of hydrogen-bond donors (Lipinski definition) is 4. The molecule has 0 aliphatic heterocycles. The van der Waals surface area contributed by atoms with Gasteiger partial charge in [0.15, 0.2) is 0 Å². The first kappa shape index (κ1) is 19.0. The summed E-state index contributed by atoms with van der Waals surface area (Å²) in [6.07, 6.45) is -1.12. The average Bonchev–Trinajstić information content (AvgIpc) is 2.01. The summed E-state index contributed by atoms with van der Waals surface area (Å²) < 4.78 is 0. The van der Waals surface area contributed by atoms with Gasteiger partial charge in [0.25, 0.3) is 0 Å². The molecule has 0 aromatic rings. The van der Waals surface area contributed by atoms with Crippen molar-refractivity contribution in [2.45, 2.75) is 33.0 Å². The molecule has 0 atom stereocenters. The normalized spacial score (nSPS) is 8.64. The molecule has 6 heteroatoms. The first-order valence-electron chi connectivity index (χ1n) is 4.03. The summed E-state index contributed by atoms with van der Waals surface area (Å²) in [6, 6.07) is 0. The third-order valence-electron chi connectivity index (χ3n) is 0.421. The van der Waals surface area contributed by atoms with E-state index in [4.69, 9.17) is 30.3 Å². The van der Waals surface area contributed by atoms with E-state index in [1.807, 2.05) is 0 Å². The number of carboxylic acids is 1. The van der Waals surface area contributed by atoms with E-state index >= 15 is 0 Å². The van der Waals surface area contributed by atoms with E-state index in [0.29, 0.717) is 0 Å². The Morgan fingerprint density at radius 3 is 1.36 bits per heavy atom. The summed E-state index contributed by atoms with van der Waals surface area (Å²) in [6.45, 7) is 3.69. The summed E-state index contributed by atoms with van der Waals surface area (Å²) in [5, 5.41) is 41.0. The highest BCUT2D eigenvalue weighted by atomic mass is 16.4. The van der Waals surface area contributed by atoms with Crippen LogP contribution in [-0.4, -0.2) is 51.8 Å². The van der Waals surface area contributed by atoms with E-state index in [2.05, 4.69) is 0 Å². The summed E-state index contributed by atoms with van der Waals surface area (Å²) in [5.74, 6) is -1.08. The summed E-state index contributed by atoms with van der Waals surface area (Å²) in [7, 11) is 0. The molecular formula is C8H19O6-. The Labute approximate surface area is 83.4 Å². The van der Waals surface area contributed by atoms with Gasteiger partial charge in [-0.3, -0.25) is 0 Å². The van der Waals surface area contributed by atoms with Crippen molar-refractivity contribution in [3.8, 4) is 0 Å². The Kier molecular flexibility index (Phi) is 20.1. The molecule has 0 aromatic carbocycles. The molecule has 0 saturated carbocycles. The van der Waals surface area contributed by atoms with Crippen molar-refractivity contribution in [3.05, 3.63) is 0 Å². The second kappa shape index (κ2) is 14.8. The molecule has 0 rings (SSSR count). The lowest BCUT2D eigenvalue weighted by atomic mass is 10.4. The van der Waals surface area contributed by atoms with Crippen molar-refractivity contribution in [3.63, 3.8) is 0 Å². The van der Waals surface area contributed by atoms with Gasteiger partial charge in [-0.05, 0) is 20.8 Å². The van der Waals surface area contributed by atoms with Gasteiger partial charge in [-0.15, -0.1) is 0 Å².